The Bertz CT molecular complexity index is 1390. The Morgan fingerprint density at radius 2 is 1.38 bits per heavy atom. The average Bonchev–Trinajstić information content (AvgIpc) is 2.95. The monoisotopic (exact) mass is 650 g/mol. The Morgan fingerprint density at radius 1 is 0.851 bits per heavy atom. The lowest BCUT2D eigenvalue weighted by molar-refractivity contribution is -0.142. The molecule has 0 bridgehead atoms. The first-order valence-electron chi connectivity index (χ1n) is 17.4. The topological polar surface area (TPSA) is 111 Å². The Balaban J connectivity index is 1.84. The fraction of sp³-hybridized carbons (Fsp3) is 0.641. The zero-order valence-corrected chi connectivity index (χ0v) is 30.4. The quantitative estimate of drug-likeness (QED) is 0.0976. The van der Waals surface area contributed by atoms with Crippen LogP contribution in [0.2, 0.25) is 0 Å². The van der Waals surface area contributed by atoms with Crippen LogP contribution in [0.25, 0.3) is 0 Å². The highest BCUT2D eigenvalue weighted by Gasteiger charge is 2.42. The second-order valence-electron chi connectivity index (χ2n) is 15.7. The zero-order chi connectivity index (χ0) is 35.2. The Hall–Kier alpha value is -3.42. The van der Waals surface area contributed by atoms with E-state index in [2.05, 4.69) is 38.0 Å². The standard InChI is InChI=1S/C39H58N2O6/c1-11-46-35(44)31(33(42)25(3)4)26-15-14-18-29(20-26)41-30-21-38(8,9)23-39(10,22-30)24-40-28-17-13-16-27(19-28)32(36(45)47-12-2)34(43)37(5,6)7/h19-20,30,40-41H,3,11-18,21-24H2,1-2,4-10H3/b31-26+,32-27+. The third-order valence-corrected chi connectivity index (χ3v) is 9.18. The Labute approximate surface area is 282 Å². The minimum Gasteiger partial charge on any atom is -0.462 e. The SMILES string of the molecule is C=C(C)C(=O)/C(C(=O)OCC)=C1\C=C(NC2CC(C)(C)CC(C)(CNC3=C/C(=C(/C(=O)OCC)C(=O)C(C)(C)C)CCC3)C2)CCC1. The van der Waals surface area contributed by atoms with E-state index < -0.39 is 17.4 Å². The van der Waals surface area contributed by atoms with Crippen molar-refractivity contribution in [3.63, 3.8) is 0 Å². The summed E-state index contributed by atoms with van der Waals surface area (Å²) in [5, 5.41) is 7.52. The maximum absolute atomic E-state index is 13.3. The molecule has 1 saturated carbocycles. The molecule has 0 aromatic carbocycles. The summed E-state index contributed by atoms with van der Waals surface area (Å²) < 4.78 is 10.6. The van der Waals surface area contributed by atoms with Gasteiger partial charge >= 0.3 is 11.9 Å². The summed E-state index contributed by atoms with van der Waals surface area (Å²) in [4.78, 5) is 52.0. The van der Waals surface area contributed by atoms with Gasteiger partial charge in [-0.2, -0.15) is 0 Å². The minimum atomic E-state index is -0.692. The summed E-state index contributed by atoms with van der Waals surface area (Å²) in [6.07, 6.45) is 11.7. The van der Waals surface area contributed by atoms with Gasteiger partial charge in [0.1, 0.15) is 11.1 Å². The molecule has 0 saturated heterocycles. The van der Waals surface area contributed by atoms with Crippen molar-refractivity contribution in [3.8, 4) is 0 Å². The smallest absolute Gasteiger partial charge is 0.342 e. The number of hydrogen-bond donors (Lipinski definition) is 2. The van der Waals surface area contributed by atoms with Crippen molar-refractivity contribution < 1.29 is 28.7 Å². The molecule has 2 N–H and O–H groups in total. The van der Waals surface area contributed by atoms with Gasteiger partial charge in [0.15, 0.2) is 11.6 Å². The molecule has 47 heavy (non-hydrogen) atoms. The van der Waals surface area contributed by atoms with E-state index in [0.717, 1.165) is 68.5 Å². The third-order valence-electron chi connectivity index (χ3n) is 9.18. The highest BCUT2D eigenvalue weighted by atomic mass is 16.5. The van der Waals surface area contributed by atoms with Gasteiger partial charge in [-0.3, -0.25) is 9.59 Å². The number of hydrogen-bond acceptors (Lipinski definition) is 8. The highest BCUT2D eigenvalue weighted by molar-refractivity contribution is 6.24. The number of ether oxygens (including phenoxy) is 2. The number of rotatable bonds is 12. The summed E-state index contributed by atoms with van der Waals surface area (Å²) in [5.41, 5.74) is 3.53. The van der Waals surface area contributed by atoms with Crippen molar-refractivity contribution in [1.29, 1.82) is 0 Å². The van der Waals surface area contributed by atoms with Crippen LogP contribution in [0.15, 0.2) is 58.0 Å². The number of nitrogens with one attached hydrogen (secondary N) is 2. The molecule has 2 unspecified atom stereocenters. The molecule has 3 aliphatic carbocycles. The van der Waals surface area contributed by atoms with Crippen molar-refractivity contribution in [2.75, 3.05) is 19.8 Å². The van der Waals surface area contributed by atoms with E-state index in [1.165, 1.54) is 0 Å². The lowest BCUT2D eigenvalue weighted by Crippen LogP contribution is -2.48. The number of carbonyl (C=O) groups is 4. The molecule has 0 aliphatic heterocycles. The molecule has 0 aromatic heterocycles. The van der Waals surface area contributed by atoms with Crippen LogP contribution in [-0.4, -0.2) is 49.3 Å². The fourth-order valence-electron chi connectivity index (χ4n) is 7.49. The number of carbonyl (C=O) groups excluding carboxylic acids is 4. The van der Waals surface area contributed by atoms with Gasteiger partial charge in [0.05, 0.1) is 13.2 Å². The van der Waals surface area contributed by atoms with Gasteiger partial charge in [0.2, 0.25) is 0 Å². The summed E-state index contributed by atoms with van der Waals surface area (Å²) in [5.74, 6) is -1.67. The van der Waals surface area contributed by atoms with E-state index in [9.17, 15) is 19.2 Å². The lowest BCUT2D eigenvalue weighted by Gasteiger charge is -2.48. The Kier molecular flexibility index (Phi) is 12.7. The van der Waals surface area contributed by atoms with Gasteiger partial charge in [-0.1, -0.05) is 48.1 Å². The number of allylic oxidation sites excluding steroid dienone is 7. The van der Waals surface area contributed by atoms with Crippen LogP contribution < -0.4 is 10.6 Å². The van der Waals surface area contributed by atoms with Gasteiger partial charge in [0.25, 0.3) is 0 Å². The molecule has 8 nitrogen and oxygen atoms in total. The van der Waals surface area contributed by atoms with Gasteiger partial charge in [0, 0.05) is 29.4 Å². The molecule has 8 heteroatoms. The summed E-state index contributed by atoms with van der Waals surface area (Å²) in [6, 6.07) is 0.217. The summed E-state index contributed by atoms with van der Waals surface area (Å²) in [6.45, 7) is 22.5. The van der Waals surface area contributed by atoms with Crippen molar-refractivity contribution >= 4 is 23.5 Å². The molecule has 0 heterocycles. The van der Waals surface area contributed by atoms with Crippen molar-refractivity contribution in [1.82, 2.24) is 10.6 Å². The minimum absolute atomic E-state index is 0.0211. The van der Waals surface area contributed by atoms with E-state index in [-0.39, 0.29) is 52.8 Å². The first kappa shape index (κ1) is 38.0. The van der Waals surface area contributed by atoms with Crippen LogP contribution in [0.4, 0.5) is 0 Å². The molecule has 0 radical (unpaired) electrons. The molecule has 0 spiro atoms. The predicted octanol–water partition coefficient (Wildman–Crippen LogP) is 7.37. The van der Waals surface area contributed by atoms with E-state index in [4.69, 9.17) is 9.47 Å². The number of ketones is 2. The normalized spacial score (nSPS) is 25.0. The van der Waals surface area contributed by atoms with E-state index in [1.54, 1.807) is 20.8 Å². The second kappa shape index (κ2) is 15.7. The van der Waals surface area contributed by atoms with Gasteiger partial charge < -0.3 is 20.1 Å². The molecular formula is C39H58N2O6. The van der Waals surface area contributed by atoms with Gasteiger partial charge in [-0.25, -0.2) is 9.59 Å². The molecule has 260 valence electrons. The van der Waals surface area contributed by atoms with E-state index >= 15 is 0 Å². The van der Waals surface area contributed by atoms with Crippen LogP contribution >= 0.6 is 0 Å². The Morgan fingerprint density at radius 3 is 1.94 bits per heavy atom. The zero-order valence-electron chi connectivity index (χ0n) is 30.4. The first-order valence-corrected chi connectivity index (χ1v) is 17.4. The molecule has 1 fully saturated rings. The highest BCUT2D eigenvalue weighted by Crippen LogP contribution is 2.46. The van der Waals surface area contributed by atoms with Crippen LogP contribution in [0.3, 0.4) is 0 Å². The molecule has 2 atom stereocenters. The van der Waals surface area contributed by atoms with Crippen LogP contribution in [0, 0.1) is 16.2 Å². The largest absolute Gasteiger partial charge is 0.462 e. The van der Waals surface area contributed by atoms with E-state index in [1.807, 2.05) is 32.9 Å². The fourth-order valence-corrected chi connectivity index (χ4v) is 7.49. The number of esters is 2. The molecular weight excluding hydrogens is 592 g/mol. The van der Waals surface area contributed by atoms with Crippen LogP contribution in [-0.2, 0) is 28.7 Å². The number of Topliss-reactive ketones (excluding diaryl/α,β-unsaturated/α-hetero) is 2. The van der Waals surface area contributed by atoms with Crippen LogP contribution in [0.5, 0.6) is 0 Å². The molecule has 0 aromatic rings. The van der Waals surface area contributed by atoms with Gasteiger partial charge in [-0.15, -0.1) is 0 Å². The molecule has 3 aliphatic rings. The van der Waals surface area contributed by atoms with E-state index in [0.29, 0.717) is 24.0 Å². The van der Waals surface area contributed by atoms with Crippen molar-refractivity contribution in [2.24, 2.45) is 16.2 Å². The lowest BCUT2D eigenvalue weighted by atomic mass is 9.62. The summed E-state index contributed by atoms with van der Waals surface area (Å²) >= 11 is 0. The summed E-state index contributed by atoms with van der Waals surface area (Å²) in [7, 11) is 0. The van der Waals surface area contributed by atoms with Gasteiger partial charge in [-0.05, 0) is 118 Å². The van der Waals surface area contributed by atoms with Crippen LogP contribution in [0.1, 0.15) is 120 Å². The predicted molar refractivity (Wildman–Crippen MR) is 186 cm³/mol. The van der Waals surface area contributed by atoms with Crippen molar-refractivity contribution in [2.45, 2.75) is 126 Å². The molecule has 3 rings (SSSR count). The molecule has 0 amide bonds. The maximum Gasteiger partial charge on any atom is 0.342 e. The second-order valence-corrected chi connectivity index (χ2v) is 15.7. The average molecular weight is 651 g/mol. The first-order chi connectivity index (χ1) is 21.9. The van der Waals surface area contributed by atoms with Crippen molar-refractivity contribution in [3.05, 3.63) is 58.0 Å². The maximum atomic E-state index is 13.3. The third kappa shape index (κ3) is 10.3.